The fourth-order valence-electron chi connectivity index (χ4n) is 3.44. The monoisotopic (exact) mass is 311 g/mol. The molecule has 3 heteroatoms. The van der Waals surface area contributed by atoms with Crippen LogP contribution in [0.15, 0.2) is 18.2 Å². The highest BCUT2D eigenvalue weighted by molar-refractivity contribution is 6.35. The molecule has 2 aliphatic carbocycles. The molecule has 110 valence electrons. The fraction of sp³-hybridized carbons (Fsp3) is 0.647. The van der Waals surface area contributed by atoms with E-state index in [9.17, 15) is 0 Å². The van der Waals surface area contributed by atoms with Crippen molar-refractivity contribution >= 4 is 23.2 Å². The molecular formula is C17H23Cl2N. The van der Waals surface area contributed by atoms with E-state index in [2.05, 4.69) is 11.4 Å². The number of hydrogen-bond donors (Lipinski definition) is 1. The lowest BCUT2D eigenvalue weighted by Crippen LogP contribution is -2.38. The summed E-state index contributed by atoms with van der Waals surface area (Å²) in [5, 5.41) is 5.31. The Kier molecular flexibility index (Phi) is 4.59. The van der Waals surface area contributed by atoms with Gasteiger partial charge in [0.25, 0.3) is 0 Å². The van der Waals surface area contributed by atoms with Crippen molar-refractivity contribution in [3.05, 3.63) is 33.8 Å². The van der Waals surface area contributed by atoms with Crippen molar-refractivity contribution in [1.29, 1.82) is 0 Å². The van der Waals surface area contributed by atoms with Gasteiger partial charge in [-0.25, -0.2) is 0 Å². The maximum atomic E-state index is 6.38. The summed E-state index contributed by atoms with van der Waals surface area (Å²) in [6.45, 7) is 1.15. The third-order valence-electron chi connectivity index (χ3n) is 4.84. The third-order valence-corrected chi connectivity index (χ3v) is 5.42. The predicted octanol–water partition coefficient (Wildman–Crippen LogP) is 5.24. The first-order valence-electron chi connectivity index (χ1n) is 7.84. The summed E-state index contributed by atoms with van der Waals surface area (Å²) in [6, 6.07) is 6.74. The Morgan fingerprint density at radius 2 is 1.85 bits per heavy atom. The van der Waals surface area contributed by atoms with E-state index in [1.807, 2.05) is 12.1 Å². The molecule has 1 N–H and O–H groups in total. The molecule has 0 atom stereocenters. The lowest BCUT2D eigenvalue weighted by molar-refractivity contribution is 0.180. The Morgan fingerprint density at radius 1 is 1.10 bits per heavy atom. The Morgan fingerprint density at radius 3 is 2.50 bits per heavy atom. The largest absolute Gasteiger partial charge is 0.313 e. The van der Waals surface area contributed by atoms with Crippen molar-refractivity contribution in [2.75, 3.05) is 6.54 Å². The van der Waals surface area contributed by atoms with E-state index in [0.717, 1.165) is 29.1 Å². The number of nitrogens with one attached hydrogen (secondary N) is 1. The molecule has 0 heterocycles. The average molecular weight is 312 g/mol. The quantitative estimate of drug-likeness (QED) is 0.784. The molecule has 0 saturated heterocycles. The van der Waals surface area contributed by atoms with Gasteiger partial charge in [0.1, 0.15) is 0 Å². The zero-order valence-corrected chi connectivity index (χ0v) is 13.4. The van der Waals surface area contributed by atoms with Crippen LogP contribution >= 0.6 is 23.2 Å². The number of halogens is 2. The Bertz CT molecular complexity index is 462. The second kappa shape index (κ2) is 6.25. The predicted molar refractivity (Wildman–Crippen MR) is 86.7 cm³/mol. The Hall–Kier alpha value is -0.240. The third kappa shape index (κ3) is 3.69. The second-order valence-corrected chi connectivity index (χ2v) is 7.47. The van der Waals surface area contributed by atoms with Crippen LogP contribution in [0.2, 0.25) is 10.0 Å². The van der Waals surface area contributed by atoms with Crippen molar-refractivity contribution in [1.82, 2.24) is 5.32 Å². The van der Waals surface area contributed by atoms with Gasteiger partial charge in [0.15, 0.2) is 0 Å². The zero-order valence-electron chi connectivity index (χ0n) is 11.9. The van der Waals surface area contributed by atoms with Crippen molar-refractivity contribution in [3.63, 3.8) is 0 Å². The molecule has 3 rings (SSSR count). The first-order valence-corrected chi connectivity index (χ1v) is 8.60. The molecule has 1 aromatic carbocycles. The fourth-order valence-corrected chi connectivity index (χ4v) is 3.91. The first-order chi connectivity index (χ1) is 9.67. The Labute approximate surface area is 132 Å². The minimum atomic E-state index is 0.401. The molecule has 0 radical (unpaired) electrons. The van der Waals surface area contributed by atoms with Crippen molar-refractivity contribution in [2.24, 2.45) is 5.41 Å². The summed E-state index contributed by atoms with van der Waals surface area (Å²) in [7, 11) is 0. The summed E-state index contributed by atoms with van der Waals surface area (Å²) in [5.74, 6) is 0. The van der Waals surface area contributed by atoms with Gasteiger partial charge in [0.05, 0.1) is 0 Å². The van der Waals surface area contributed by atoms with Crippen LogP contribution in [0, 0.1) is 5.41 Å². The lowest BCUT2D eigenvalue weighted by Gasteiger charge is -2.38. The average Bonchev–Trinajstić information content (AvgIpc) is 3.25. The molecule has 0 spiro atoms. The lowest BCUT2D eigenvalue weighted by atomic mass is 9.70. The summed E-state index contributed by atoms with van der Waals surface area (Å²) in [4.78, 5) is 0. The van der Waals surface area contributed by atoms with Crippen LogP contribution in [0.5, 0.6) is 0 Å². The van der Waals surface area contributed by atoms with E-state index in [0.29, 0.717) is 5.41 Å². The van der Waals surface area contributed by atoms with Gasteiger partial charge in [-0.2, -0.15) is 0 Å². The van der Waals surface area contributed by atoms with Crippen LogP contribution in [0.3, 0.4) is 0 Å². The summed E-state index contributed by atoms with van der Waals surface area (Å²) in [6.07, 6.45) is 10.6. The van der Waals surface area contributed by atoms with E-state index in [-0.39, 0.29) is 0 Å². The number of rotatable bonds is 5. The highest BCUT2D eigenvalue weighted by atomic mass is 35.5. The van der Waals surface area contributed by atoms with Crippen molar-refractivity contribution < 1.29 is 0 Å². The van der Waals surface area contributed by atoms with Crippen molar-refractivity contribution in [2.45, 2.75) is 57.4 Å². The van der Waals surface area contributed by atoms with Crippen LogP contribution in [-0.2, 0) is 6.42 Å². The maximum absolute atomic E-state index is 6.38. The minimum absolute atomic E-state index is 0.401. The van der Waals surface area contributed by atoms with Crippen molar-refractivity contribution in [3.8, 4) is 0 Å². The molecule has 2 fully saturated rings. The van der Waals surface area contributed by atoms with Gasteiger partial charge in [-0.05, 0) is 55.2 Å². The molecule has 0 aliphatic heterocycles. The van der Waals surface area contributed by atoms with Crippen LogP contribution < -0.4 is 5.32 Å². The topological polar surface area (TPSA) is 12.0 Å². The molecular weight excluding hydrogens is 289 g/mol. The molecule has 2 aliphatic rings. The van der Waals surface area contributed by atoms with E-state index >= 15 is 0 Å². The van der Waals surface area contributed by atoms with Gasteiger partial charge in [-0.1, -0.05) is 48.5 Å². The smallest absolute Gasteiger partial charge is 0.0453 e. The molecule has 20 heavy (non-hydrogen) atoms. The van der Waals surface area contributed by atoms with E-state index in [1.54, 1.807) is 0 Å². The zero-order chi connectivity index (χ0) is 14.0. The van der Waals surface area contributed by atoms with Crippen LogP contribution in [0.4, 0.5) is 0 Å². The van der Waals surface area contributed by atoms with E-state index < -0.39 is 0 Å². The SMILES string of the molecule is Clc1ccc(CC2(CNC3CC3)CCCCC2)c(Cl)c1. The number of benzene rings is 1. The van der Waals surface area contributed by atoms with E-state index in [1.165, 1.54) is 50.5 Å². The normalized spacial score (nSPS) is 21.9. The molecule has 0 unspecified atom stereocenters. The Balaban J connectivity index is 1.73. The van der Waals surface area contributed by atoms with Crippen LogP contribution in [0.25, 0.3) is 0 Å². The molecule has 0 bridgehead atoms. The van der Waals surface area contributed by atoms with Crippen LogP contribution in [-0.4, -0.2) is 12.6 Å². The first kappa shape index (κ1) is 14.7. The highest BCUT2D eigenvalue weighted by Crippen LogP contribution is 2.41. The summed E-state index contributed by atoms with van der Waals surface area (Å²) < 4.78 is 0. The highest BCUT2D eigenvalue weighted by Gasteiger charge is 2.34. The summed E-state index contributed by atoms with van der Waals surface area (Å²) in [5.41, 5.74) is 1.66. The summed E-state index contributed by atoms with van der Waals surface area (Å²) >= 11 is 12.4. The minimum Gasteiger partial charge on any atom is -0.313 e. The molecule has 0 aromatic heterocycles. The molecule has 1 nitrogen and oxygen atoms in total. The molecule has 2 saturated carbocycles. The van der Waals surface area contributed by atoms with Gasteiger partial charge >= 0.3 is 0 Å². The number of hydrogen-bond acceptors (Lipinski definition) is 1. The van der Waals surface area contributed by atoms with Gasteiger partial charge in [-0.15, -0.1) is 0 Å². The van der Waals surface area contributed by atoms with Gasteiger partial charge in [0, 0.05) is 22.6 Å². The standard InChI is InChI=1S/C17H23Cl2N/c18-14-5-4-13(16(19)10-14)11-17(8-2-1-3-9-17)12-20-15-6-7-15/h4-5,10,15,20H,1-3,6-9,11-12H2. The molecule has 1 aromatic rings. The van der Waals surface area contributed by atoms with Gasteiger partial charge in [-0.3, -0.25) is 0 Å². The molecule has 0 amide bonds. The van der Waals surface area contributed by atoms with Crippen LogP contribution in [0.1, 0.15) is 50.5 Å². The maximum Gasteiger partial charge on any atom is 0.0453 e. The second-order valence-electron chi connectivity index (χ2n) is 6.63. The van der Waals surface area contributed by atoms with Gasteiger partial charge < -0.3 is 5.32 Å². The van der Waals surface area contributed by atoms with E-state index in [4.69, 9.17) is 23.2 Å². The van der Waals surface area contributed by atoms with Gasteiger partial charge in [0.2, 0.25) is 0 Å².